The van der Waals surface area contributed by atoms with Crippen LogP contribution in [0.4, 0.5) is 0 Å². The normalized spacial score (nSPS) is 16.2. The van der Waals surface area contributed by atoms with Gasteiger partial charge in [0.15, 0.2) is 0 Å². The van der Waals surface area contributed by atoms with Crippen molar-refractivity contribution in [3.8, 4) is 0 Å². The molecule has 0 radical (unpaired) electrons. The monoisotopic (exact) mass is 298 g/mol. The number of piperidine rings is 1. The van der Waals surface area contributed by atoms with Crippen molar-refractivity contribution in [2.24, 2.45) is 0 Å². The summed E-state index contributed by atoms with van der Waals surface area (Å²) >= 11 is 0. The molecule has 0 spiro atoms. The smallest absolute Gasteiger partial charge is 0.124 e. The number of para-hydroxylation sites is 2. The molecule has 1 aliphatic heterocycles. The summed E-state index contributed by atoms with van der Waals surface area (Å²) in [4.78, 5) is 7.31. The van der Waals surface area contributed by atoms with E-state index in [1.54, 1.807) is 0 Å². The number of hydrogen-bond acceptors (Lipinski definition) is 3. The number of hydrogen-bond donors (Lipinski definition) is 1. The molecule has 1 fully saturated rings. The first-order valence-corrected chi connectivity index (χ1v) is 8.36. The maximum Gasteiger partial charge on any atom is 0.124 e. The zero-order valence-corrected chi connectivity index (χ0v) is 13.3. The summed E-state index contributed by atoms with van der Waals surface area (Å²) in [5.41, 5.74) is 2.26. The topological polar surface area (TPSA) is 33.1 Å². The molecule has 0 unspecified atom stereocenters. The molecular formula is C18H26N4. The molecular weight excluding hydrogens is 272 g/mol. The number of imidazole rings is 1. The van der Waals surface area contributed by atoms with E-state index in [-0.39, 0.29) is 0 Å². The molecule has 1 saturated heterocycles. The first-order valence-electron chi connectivity index (χ1n) is 8.36. The quantitative estimate of drug-likeness (QED) is 0.630. The van der Waals surface area contributed by atoms with Crippen molar-refractivity contribution in [1.29, 1.82) is 0 Å². The van der Waals surface area contributed by atoms with Gasteiger partial charge in [-0.2, -0.15) is 0 Å². The van der Waals surface area contributed by atoms with Crippen molar-refractivity contribution in [1.82, 2.24) is 19.8 Å². The molecule has 2 heterocycles. The lowest BCUT2D eigenvalue weighted by Crippen LogP contribution is -2.35. The molecule has 22 heavy (non-hydrogen) atoms. The Morgan fingerprint density at radius 3 is 2.82 bits per heavy atom. The van der Waals surface area contributed by atoms with Crippen LogP contribution in [0, 0.1) is 0 Å². The highest BCUT2D eigenvalue weighted by atomic mass is 15.2. The number of allylic oxidation sites excluding steroid dienone is 1. The summed E-state index contributed by atoms with van der Waals surface area (Å²) in [6.45, 7) is 10.2. The van der Waals surface area contributed by atoms with E-state index >= 15 is 0 Å². The van der Waals surface area contributed by atoms with Gasteiger partial charge in [0.1, 0.15) is 5.82 Å². The Morgan fingerprint density at radius 2 is 2.00 bits per heavy atom. The fourth-order valence-electron chi connectivity index (χ4n) is 3.21. The second kappa shape index (κ2) is 7.56. The van der Waals surface area contributed by atoms with Crippen LogP contribution in [0.3, 0.4) is 0 Å². The zero-order valence-electron chi connectivity index (χ0n) is 13.3. The Balaban J connectivity index is 1.58. The van der Waals surface area contributed by atoms with Gasteiger partial charge in [0.2, 0.25) is 0 Å². The third kappa shape index (κ3) is 3.57. The van der Waals surface area contributed by atoms with Gasteiger partial charge in [0.05, 0.1) is 17.6 Å². The second-order valence-corrected chi connectivity index (χ2v) is 6.00. The van der Waals surface area contributed by atoms with Gasteiger partial charge >= 0.3 is 0 Å². The lowest BCUT2D eigenvalue weighted by molar-refractivity contribution is 0.228. The summed E-state index contributed by atoms with van der Waals surface area (Å²) in [5, 5.41) is 3.55. The predicted molar refractivity (Wildman–Crippen MR) is 91.9 cm³/mol. The van der Waals surface area contributed by atoms with Gasteiger partial charge < -0.3 is 14.8 Å². The number of aromatic nitrogens is 2. The fourth-order valence-corrected chi connectivity index (χ4v) is 3.21. The Kier molecular flexibility index (Phi) is 5.24. The number of likely N-dealkylation sites (tertiary alicyclic amines) is 1. The molecule has 0 bridgehead atoms. The van der Waals surface area contributed by atoms with Gasteiger partial charge in [-0.15, -0.1) is 6.58 Å². The van der Waals surface area contributed by atoms with E-state index in [0.717, 1.165) is 37.5 Å². The van der Waals surface area contributed by atoms with Crippen LogP contribution in [0.1, 0.15) is 25.1 Å². The van der Waals surface area contributed by atoms with Crippen molar-refractivity contribution in [2.45, 2.75) is 32.4 Å². The van der Waals surface area contributed by atoms with E-state index < -0.39 is 0 Å². The molecule has 2 aromatic rings. The largest absolute Gasteiger partial charge is 0.323 e. The lowest BCUT2D eigenvalue weighted by atomic mass is 10.1. The fraction of sp³-hybridized carbons (Fsp3) is 0.500. The van der Waals surface area contributed by atoms with Gasteiger partial charge in [-0.25, -0.2) is 4.98 Å². The highest BCUT2D eigenvalue weighted by Gasteiger charge is 2.11. The van der Waals surface area contributed by atoms with Crippen molar-refractivity contribution in [3.63, 3.8) is 0 Å². The molecule has 4 heteroatoms. The molecule has 0 saturated carbocycles. The Labute approximate surface area is 132 Å². The van der Waals surface area contributed by atoms with Crippen LogP contribution in [0.2, 0.25) is 0 Å². The van der Waals surface area contributed by atoms with E-state index in [1.807, 2.05) is 12.1 Å². The summed E-state index contributed by atoms with van der Waals surface area (Å²) in [6, 6.07) is 8.31. The summed E-state index contributed by atoms with van der Waals surface area (Å²) in [7, 11) is 0. The molecule has 1 aromatic carbocycles. The third-order valence-electron chi connectivity index (χ3n) is 4.38. The summed E-state index contributed by atoms with van der Waals surface area (Å²) in [5.74, 6) is 1.10. The lowest BCUT2D eigenvalue weighted by Gasteiger charge is -2.26. The third-order valence-corrected chi connectivity index (χ3v) is 4.38. The highest BCUT2D eigenvalue weighted by molar-refractivity contribution is 5.75. The molecule has 0 aliphatic carbocycles. The zero-order chi connectivity index (χ0) is 15.2. The van der Waals surface area contributed by atoms with Crippen molar-refractivity contribution in [2.75, 3.05) is 26.2 Å². The minimum Gasteiger partial charge on any atom is -0.323 e. The number of fused-ring (bicyclic) bond motifs is 1. The molecule has 1 N–H and O–H groups in total. The maximum atomic E-state index is 4.75. The van der Waals surface area contributed by atoms with Gasteiger partial charge in [-0.3, -0.25) is 0 Å². The van der Waals surface area contributed by atoms with Gasteiger partial charge in [-0.1, -0.05) is 24.6 Å². The molecule has 1 aromatic heterocycles. The van der Waals surface area contributed by atoms with Crippen molar-refractivity contribution < 1.29 is 0 Å². The van der Waals surface area contributed by atoms with Crippen LogP contribution in [0.15, 0.2) is 36.9 Å². The minimum absolute atomic E-state index is 0.809. The number of rotatable bonds is 7. The van der Waals surface area contributed by atoms with E-state index in [1.165, 1.54) is 37.9 Å². The SMILES string of the molecule is C=CCn1c(CNCCN2CCCCC2)nc2ccccc21. The van der Waals surface area contributed by atoms with Gasteiger partial charge in [0, 0.05) is 19.6 Å². The summed E-state index contributed by atoms with van der Waals surface area (Å²) in [6.07, 6.45) is 6.05. The standard InChI is InChI=1S/C18H26N4/c1-2-11-22-17-9-5-4-8-16(17)20-18(22)15-19-10-14-21-12-6-3-7-13-21/h2,4-5,8-9,19H,1,3,6-7,10-15H2. The van der Waals surface area contributed by atoms with E-state index in [2.05, 4.69) is 39.6 Å². The number of benzene rings is 1. The molecule has 1 aliphatic rings. The van der Waals surface area contributed by atoms with Crippen molar-refractivity contribution in [3.05, 3.63) is 42.7 Å². The van der Waals surface area contributed by atoms with Crippen LogP contribution in [0.5, 0.6) is 0 Å². The predicted octanol–water partition coefficient (Wildman–Crippen LogP) is 2.80. The van der Waals surface area contributed by atoms with Crippen LogP contribution in [-0.4, -0.2) is 40.6 Å². The summed E-state index contributed by atoms with van der Waals surface area (Å²) < 4.78 is 2.25. The highest BCUT2D eigenvalue weighted by Crippen LogP contribution is 2.16. The average Bonchev–Trinajstić information content (AvgIpc) is 2.91. The second-order valence-electron chi connectivity index (χ2n) is 6.00. The van der Waals surface area contributed by atoms with E-state index in [4.69, 9.17) is 4.98 Å². The first-order chi connectivity index (χ1) is 10.9. The first kappa shape index (κ1) is 15.3. The van der Waals surface area contributed by atoms with Gasteiger partial charge in [-0.05, 0) is 38.1 Å². The maximum absolute atomic E-state index is 4.75. The number of nitrogens with zero attached hydrogens (tertiary/aromatic N) is 3. The van der Waals surface area contributed by atoms with Crippen molar-refractivity contribution >= 4 is 11.0 Å². The Bertz CT molecular complexity index is 611. The molecule has 4 nitrogen and oxygen atoms in total. The molecule has 0 amide bonds. The minimum atomic E-state index is 0.809. The van der Waals surface area contributed by atoms with Gasteiger partial charge in [0.25, 0.3) is 0 Å². The molecule has 118 valence electrons. The Morgan fingerprint density at radius 1 is 1.18 bits per heavy atom. The van der Waals surface area contributed by atoms with Crippen LogP contribution >= 0.6 is 0 Å². The molecule has 3 rings (SSSR count). The molecule has 0 atom stereocenters. The number of nitrogens with one attached hydrogen (secondary N) is 1. The Hall–Kier alpha value is -1.65. The van der Waals surface area contributed by atoms with Crippen LogP contribution in [0.25, 0.3) is 11.0 Å². The average molecular weight is 298 g/mol. The van der Waals surface area contributed by atoms with Crippen LogP contribution < -0.4 is 5.32 Å². The van der Waals surface area contributed by atoms with E-state index in [0.29, 0.717) is 0 Å². The van der Waals surface area contributed by atoms with E-state index in [9.17, 15) is 0 Å². The van der Waals surface area contributed by atoms with Crippen LogP contribution in [-0.2, 0) is 13.1 Å².